The Morgan fingerprint density at radius 3 is 2.29 bits per heavy atom. The first-order valence-corrected chi connectivity index (χ1v) is 6.94. The van der Waals surface area contributed by atoms with Crippen LogP contribution in [0.1, 0.15) is 31.8 Å². The summed E-state index contributed by atoms with van der Waals surface area (Å²) in [4.78, 5) is 25.3. The van der Waals surface area contributed by atoms with E-state index >= 15 is 0 Å². The van der Waals surface area contributed by atoms with E-state index in [1.54, 1.807) is 48.5 Å². The van der Waals surface area contributed by atoms with Gasteiger partial charge in [0.1, 0.15) is 6.07 Å². The SMILES string of the molecule is N#C/C(=N\Nc1cccc2c1C(=O)c1ccccc1C2=O)C(=N)N. The van der Waals surface area contributed by atoms with Crippen molar-refractivity contribution in [1.29, 1.82) is 10.7 Å². The van der Waals surface area contributed by atoms with Crippen LogP contribution in [0.2, 0.25) is 0 Å². The van der Waals surface area contributed by atoms with Crippen molar-refractivity contribution in [2.45, 2.75) is 0 Å². The Morgan fingerprint density at radius 1 is 1.04 bits per heavy atom. The van der Waals surface area contributed by atoms with E-state index in [9.17, 15) is 9.59 Å². The highest BCUT2D eigenvalue weighted by Gasteiger charge is 2.31. The van der Waals surface area contributed by atoms with Crippen molar-refractivity contribution in [1.82, 2.24) is 0 Å². The number of carbonyl (C=O) groups excluding carboxylic acids is 2. The normalized spacial score (nSPS) is 12.9. The standard InChI is InChI=1S/C17H11N5O2/c18-8-13(17(19)20)22-21-12-7-3-6-11-14(12)16(24)10-5-2-1-4-9(10)15(11)23/h1-7,21H,(H3,19,20)/b22-13+. The minimum Gasteiger partial charge on any atom is -0.382 e. The van der Waals surface area contributed by atoms with Crippen molar-refractivity contribution in [2.24, 2.45) is 10.8 Å². The maximum atomic E-state index is 12.7. The molecule has 7 heteroatoms. The van der Waals surface area contributed by atoms with Gasteiger partial charge in [0, 0.05) is 16.7 Å². The van der Waals surface area contributed by atoms with Crippen LogP contribution in [-0.4, -0.2) is 23.1 Å². The van der Waals surface area contributed by atoms with Gasteiger partial charge in [0.2, 0.25) is 5.71 Å². The summed E-state index contributed by atoms with van der Waals surface area (Å²) in [6, 6.07) is 13.0. The Bertz CT molecular complexity index is 969. The molecule has 0 unspecified atom stereocenters. The molecule has 0 atom stereocenters. The fourth-order valence-electron chi connectivity index (χ4n) is 2.50. The number of nitrogens with two attached hydrogens (primary N) is 1. The number of rotatable bonds is 3. The first-order chi connectivity index (χ1) is 11.5. The Morgan fingerprint density at radius 2 is 1.67 bits per heavy atom. The Kier molecular flexibility index (Phi) is 3.64. The van der Waals surface area contributed by atoms with E-state index in [1.807, 2.05) is 0 Å². The number of hydrogen-bond acceptors (Lipinski definition) is 6. The van der Waals surface area contributed by atoms with Gasteiger partial charge in [0.15, 0.2) is 17.4 Å². The Balaban J connectivity index is 2.11. The van der Waals surface area contributed by atoms with Gasteiger partial charge in [-0.3, -0.25) is 20.4 Å². The zero-order chi connectivity index (χ0) is 17.3. The molecule has 0 amide bonds. The number of nitriles is 1. The lowest BCUT2D eigenvalue weighted by atomic mass is 9.83. The molecule has 0 fully saturated rings. The first kappa shape index (κ1) is 15.1. The number of nitrogens with one attached hydrogen (secondary N) is 2. The molecule has 0 aromatic heterocycles. The third kappa shape index (κ3) is 2.32. The predicted molar refractivity (Wildman–Crippen MR) is 88.3 cm³/mol. The molecule has 1 aliphatic carbocycles. The van der Waals surface area contributed by atoms with Crippen LogP contribution in [0.3, 0.4) is 0 Å². The summed E-state index contributed by atoms with van der Waals surface area (Å²) in [5.41, 5.74) is 8.87. The molecule has 0 spiro atoms. The average Bonchev–Trinajstić information content (AvgIpc) is 2.59. The summed E-state index contributed by atoms with van der Waals surface area (Å²) in [7, 11) is 0. The molecule has 0 saturated heterocycles. The van der Waals surface area contributed by atoms with E-state index in [-0.39, 0.29) is 34.1 Å². The maximum absolute atomic E-state index is 12.7. The molecule has 116 valence electrons. The van der Waals surface area contributed by atoms with Gasteiger partial charge in [0.05, 0.1) is 11.3 Å². The van der Waals surface area contributed by atoms with Crippen LogP contribution in [0.5, 0.6) is 0 Å². The van der Waals surface area contributed by atoms with Crippen molar-refractivity contribution in [3.8, 4) is 6.07 Å². The molecule has 7 nitrogen and oxygen atoms in total. The Labute approximate surface area is 136 Å². The van der Waals surface area contributed by atoms with Gasteiger partial charge in [-0.1, -0.05) is 36.4 Å². The highest BCUT2D eigenvalue weighted by Crippen LogP contribution is 2.31. The highest BCUT2D eigenvalue weighted by molar-refractivity contribution is 6.45. The zero-order valence-corrected chi connectivity index (χ0v) is 12.3. The third-order valence-electron chi connectivity index (χ3n) is 3.60. The highest BCUT2D eigenvalue weighted by atomic mass is 16.1. The molecular formula is C17H11N5O2. The summed E-state index contributed by atoms with van der Waals surface area (Å²) >= 11 is 0. The van der Waals surface area contributed by atoms with E-state index < -0.39 is 5.84 Å². The molecule has 4 N–H and O–H groups in total. The molecular weight excluding hydrogens is 306 g/mol. The largest absolute Gasteiger partial charge is 0.382 e. The number of amidine groups is 1. The fourth-order valence-corrected chi connectivity index (χ4v) is 2.50. The van der Waals surface area contributed by atoms with Gasteiger partial charge in [-0.2, -0.15) is 10.4 Å². The number of hydrazone groups is 1. The van der Waals surface area contributed by atoms with Gasteiger partial charge < -0.3 is 5.73 Å². The predicted octanol–water partition coefficient (Wildman–Crippen LogP) is 1.69. The summed E-state index contributed by atoms with van der Waals surface area (Å²) in [5, 5.41) is 19.8. The molecule has 0 heterocycles. The number of ketones is 2. The quantitative estimate of drug-likeness (QED) is 0.384. The molecule has 0 saturated carbocycles. The topological polar surface area (TPSA) is 132 Å². The molecule has 0 aliphatic heterocycles. The molecule has 3 rings (SSSR count). The van der Waals surface area contributed by atoms with Gasteiger partial charge in [-0.25, -0.2) is 0 Å². The van der Waals surface area contributed by atoms with Crippen LogP contribution in [0.25, 0.3) is 0 Å². The van der Waals surface area contributed by atoms with E-state index in [0.717, 1.165) is 0 Å². The lowest BCUT2D eigenvalue weighted by Gasteiger charge is -2.19. The van der Waals surface area contributed by atoms with Crippen molar-refractivity contribution in [3.05, 3.63) is 64.7 Å². The summed E-state index contributed by atoms with van der Waals surface area (Å²) < 4.78 is 0. The van der Waals surface area contributed by atoms with Crippen LogP contribution in [0.4, 0.5) is 5.69 Å². The van der Waals surface area contributed by atoms with Crippen LogP contribution in [0.15, 0.2) is 47.6 Å². The van der Waals surface area contributed by atoms with E-state index in [2.05, 4.69) is 10.5 Å². The Hall–Kier alpha value is -3.79. The van der Waals surface area contributed by atoms with Crippen molar-refractivity contribution < 1.29 is 9.59 Å². The number of nitrogens with zero attached hydrogens (tertiary/aromatic N) is 2. The van der Waals surface area contributed by atoms with Crippen molar-refractivity contribution >= 4 is 28.8 Å². The second-order valence-electron chi connectivity index (χ2n) is 5.03. The van der Waals surface area contributed by atoms with Gasteiger partial charge in [-0.15, -0.1) is 0 Å². The molecule has 2 aromatic rings. The van der Waals surface area contributed by atoms with Gasteiger partial charge in [-0.05, 0) is 6.07 Å². The lowest BCUT2D eigenvalue weighted by Crippen LogP contribution is -2.24. The zero-order valence-electron chi connectivity index (χ0n) is 12.3. The second-order valence-corrected chi connectivity index (χ2v) is 5.03. The lowest BCUT2D eigenvalue weighted by molar-refractivity contribution is 0.0979. The third-order valence-corrected chi connectivity index (χ3v) is 3.60. The molecule has 0 bridgehead atoms. The van der Waals surface area contributed by atoms with E-state index in [1.165, 1.54) is 0 Å². The van der Waals surface area contributed by atoms with Crippen LogP contribution < -0.4 is 11.2 Å². The van der Waals surface area contributed by atoms with E-state index in [0.29, 0.717) is 11.1 Å². The number of anilines is 1. The number of fused-ring (bicyclic) bond motifs is 2. The molecule has 1 aliphatic rings. The fraction of sp³-hybridized carbons (Fsp3) is 0. The van der Waals surface area contributed by atoms with Crippen molar-refractivity contribution in [2.75, 3.05) is 5.43 Å². The summed E-state index contributed by atoms with van der Waals surface area (Å²) in [6.45, 7) is 0. The number of benzene rings is 2. The average molecular weight is 317 g/mol. The number of carbonyl (C=O) groups is 2. The van der Waals surface area contributed by atoms with E-state index in [4.69, 9.17) is 16.4 Å². The summed E-state index contributed by atoms with van der Waals surface area (Å²) in [6.07, 6.45) is 0. The van der Waals surface area contributed by atoms with Gasteiger partial charge >= 0.3 is 0 Å². The van der Waals surface area contributed by atoms with Crippen LogP contribution in [-0.2, 0) is 0 Å². The first-order valence-electron chi connectivity index (χ1n) is 6.94. The van der Waals surface area contributed by atoms with Crippen LogP contribution in [0, 0.1) is 16.7 Å². The maximum Gasteiger partial charge on any atom is 0.201 e. The van der Waals surface area contributed by atoms with Crippen LogP contribution >= 0.6 is 0 Å². The minimum atomic E-state index is -0.498. The number of hydrogen-bond donors (Lipinski definition) is 3. The van der Waals surface area contributed by atoms with Crippen molar-refractivity contribution in [3.63, 3.8) is 0 Å². The molecule has 0 radical (unpaired) electrons. The summed E-state index contributed by atoms with van der Waals surface area (Å²) in [5.74, 6) is -1.05. The molecule has 2 aromatic carbocycles. The second kappa shape index (κ2) is 5.78. The smallest absolute Gasteiger partial charge is 0.201 e. The monoisotopic (exact) mass is 317 g/mol. The minimum absolute atomic E-state index is 0.186. The molecule has 24 heavy (non-hydrogen) atoms. The van der Waals surface area contributed by atoms with Gasteiger partial charge in [0.25, 0.3) is 0 Å².